The van der Waals surface area contributed by atoms with E-state index in [0.29, 0.717) is 0 Å². The first-order valence-electron chi connectivity index (χ1n) is 4.55. The van der Waals surface area contributed by atoms with E-state index in [0.717, 1.165) is 31.0 Å². The summed E-state index contributed by atoms with van der Waals surface area (Å²) in [5.41, 5.74) is 0. The van der Waals surface area contributed by atoms with Gasteiger partial charge in [-0.05, 0) is 19.1 Å². The summed E-state index contributed by atoms with van der Waals surface area (Å²) in [5.74, 6) is 2.09. The Morgan fingerprint density at radius 2 is 2.08 bits per heavy atom. The minimum atomic E-state index is -0.0399. The lowest BCUT2D eigenvalue weighted by Gasteiger charge is -2.18. The molecule has 1 heterocycles. The van der Waals surface area contributed by atoms with E-state index in [-0.39, 0.29) is 18.1 Å². The van der Waals surface area contributed by atoms with Crippen molar-refractivity contribution in [3.05, 3.63) is 0 Å². The van der Waals surface area contributed by atoms with Crippen LogP contribution in [0.5, 0.6) is 0 Å². The average Bonchev–Trinajstić information content (AvgIpc) is 2.29. The van der Waals surface area contributed by atoms with Crippen LogP contribution in [0, 0.1) is 0 Å². The summed E-state index contributed by atoms with van der Waals surface area (Å²) in [6, 6.07) is 0. The van der Waals surface area contributed by atoms with E-state index in [4.69, 9.17) is 0 Å². The van der Waals surface area contributed by atoms with Gasteiger partial charge < -0.3 is 4.90 Å². The van der Waals surface area contributed by atoms with Crippen LogP contribution in [0.4, 0.5) is 0 Å². The lowest BCUT2D eigenvalue weighted by atomic mass is 10.2. The number of Topliss-reactive ketones (excluding diaryl/α,β-unsaturated/α-hetero) is 1. The maximum Gasteiger partial charge on any atom is 0.230 e. The minimum Gasteiger partial charge on any atom is -0.341 e. The van der Waals surface area contributed by atoms with Gasteiger partial charge in [-0.15, -0.1) is 0 Å². The van der Waals surface area contributed by atoms with E-state index in [2.05, 4.69) is 0 Å². The van der Waals surface area contributed by atoms with Crippen LogP contribution >= 0.6 is 11.8 Å². The molecule has 3 nitrogen and oxygen atoms in total. The molecule has 0 aromatic rings. The second-order valence-corrected chi connectivity index (χ2v) is 4.45. The molecular formula is C9H15NO2S. The van der Waals surface area contributed by atoms with Crippen molar-refractivity contribution in [2.45, 2.75) is 19.8 Å². The number of carbonyl (C=O) groups excluding carboxylic acids is 2. The summed E-state index contributed by atoms with van der Waals surface area (Å²) in [6.07, 6.45) is 1.12. The lowest BCUT2D eigenvalue weighted by Crippen LogP contribution is -2.33. The van der Waals surface area contributed by atoms with E-state index in [9.17, 15) is 9.59 Å². The van der Waals surface area contributed by atoms with Crippen molar-refractivity contribution >= 4 is 23.5 Å². The second-order valence-electron chi connectivity index (χ2n) is 3.23. The Kier molecular flexibility index (Phi) is 4.28. The second kappa shape index (κ2) is 5.27. The van der Waals surface area contributed by atoms with Gasteiger partial charge in [0.2, 0.25) is 5.91 Å². The molecule has 0 N–H and O–H groups in total. The average molecular weight is 201 g/mol. The van der Waals surface area contributed by atoms with Crippen molar-refractivity contribution in [2.75, 3.05) is 24.6 Å². The van der Waals surface area contributed by atoms with Gasteiger partial charge in [-0.1, -0.05) is 0 Å². The highest BCUT2D eigenvalue weighted by molar-refractivity contribution is 7.99. The number of nitrogens with zero attached hydrogens (tertiary/aromatic N) is 1. The molecule has 1 amide bonds. The normalized spacial score (nSPS) is 18.1. The van der Waals surface area contributed by atoms with Crippen molar-refractivity contribution in [1.29, 1.82) is 0 Å². The zero-order valence-electron chi connectivity index (χ0n) is 7.91. The quantitative estimate of drug-likeness (QED) is 0.624. The zero-order chi connectivity index (χ0) is 9.68. The van der Waals surface area contributed by atoms with Crippen molar-refractivity contribution in [3.63, 3.8) is 0 Å². The predicted octanol–water partition coefficient (Wildman–Crippen LogP) is 0.931. The maximum atomic E-state index is 11.5. The largest absolute Gasteiger partial charge is 0.341 e. The first kappa shape index (κ1) is 10.6. The Bertz CT molecular complexity index is 198. The summed E-state index contributed by atoms with van der Waals surface area (Å²) in [7, 11) is 0. The molecule has 0 atom stereocenters. The van der Waals surface area contributed by atoms with Crippen LogP contribution in [-0.2, 0) is 9.59 Å². The predicted molar refractivity (Wildman–Crippen MR) is 53.8 cm³/mol. The van der Waals surface area contributed by atoms with Crippen LogP contribution in [0.2, 0.25) is 0 Å². The first-order valence-corrected chi connectivity index (χ1v) is 5.70. The smallest absolute Gasteiger partial charge is 0.230 e. The lowest BCUT2D eigenvalue weighted by molar-refractivity contribution is -0.134. The van der Waals surface area contributed by atoms with Gasteiger partial charge in [-0.3, -0.25) is 9.59 Å². The summed E-state index contributed by atoms with van der Waals surface area (Å²) in [4.78, 5) is 24.0. The van der Waals surface area contributed by atoms with Gasteiger partial charge in [0.25, 0.3) is 0 Å². The Labute approximate surface area is 82.9 Å². The van der Waals surface area contributed by atoms with Crippen molar-refractivity contribution in [3.8, 4) is 0 Å². The molecule has 13 heavy (non-hydrogen) atoms. The molecule has 0 aromatic heterocycles. The minimum absolute atomic E-state index is 0.00463. The third kappa shape index (κ3) is 3.81. The van der Waals surface area contributed by atoms with Gasteiger partial charge in [-0.2, -0.15) is 11.8 Å². The summed E-state index contributed by atoms with van der Waals surface area (Å²) < 4.78 is 0. The van der Waals surface area contributed by atoms with Gasteiger partial charge in [-0.25, -0.2) is 0 Å². The van der Waals surface area contributed by atoms with Gasteiger partial charge in [0.15, 0.2) is 0 Å². The standard InChI is InChI=1S/C9H15NO2S/c1-8(11)7-9(12)10-3-2-5-13-6-4-10/h2-7H2,1H3. The highest BCUT2D eigenvalue weighted by atomic mass is 32.2. The van der Waals surface area contributed by atoms with Crippen molar-refractivity contribution in [1.82, 2.24) is 4.90 Å². The highest BCUT2D eigenvalue weighted by Crippen LogP contribution is 2.10. The number of rotatable bonds is 2. The van der Waals surface area contributed by atoms with Crippen LogP contribution in [0.1, 0.15) is 19.8 Å². The number of hydrogen-bond donors (Lipinski definition) is 0. The number of carbonyl (C=O) groups is 2. The molecule has 0 spiro atoms. The van der Waals surface area contributed by atoms with Gasteiger partial charge in [0, 0.05) is 18.8 Å². The molecule has 0 unspecified atom stereocenters. The molecule has 1 aliphatic rings. The number of ketones is 1. The molecule has 0 aromatic carbocycles. The molecule has 1 saturated heterocycles. The molecule has 0 saturated carbocycles. The van der Waals surface area contributed by atoms with E-state index in [1.807, 2.05) is 11.8 Å². The molecule has 0 aliphatic carbocycles. The number of amides is 1. The van der Waals surface area contributed by atoms with Gasteiger partial charge >= 0.3 is 0 Å². The van der Waals surface area contributed by atoms with E-state index in [1.165, 1.54) is 6.92 Å². The molecule has 0 radical (unpaired) electrons. The van der Waals surface area contributed by atoms with Crippen LogP contribution < -0.4 is 0 Å². The Hall–Kier alpha value is -0.510. The third-order valence-electron chi connectivity index (χ3n) is 1.98. The Morgan fingerprint density at radius 3 is 2.77 bits per heavy atom. The first-order chi connectivity index (χ1) is 6.20. The highest BCUT2D eigenvalue weighted by Gasteiger charge is 2.16. The summed E-state index contributed by atoms with van der Waals surface area (Å²) in [6.45, 7) is 3.08. The molecule has 4 heteroatoms. The molecule has 0 bridgehead atoms. The van der Waals surface area contributed by atoms with Crippen LogP contribution in [-0.4, -0.2) is 41.2 Å². The Balaban J connectivity index is 2.39. The fourth-order valence-electron chi connectivity index (χ4n) is 1.32. The van der Waals surface area contributed by atoms with Crippen LogP contribution in [0.25, 0.3) is 0 Å². The number of hydrogen-bond acceptors (Lipinski definition) is 3. The number of thioether (sulfide) groups is 1. The monoisotopic (exact) mass is 201 g/mol. The molecule has 1 fully saturated rings. The fourth-order valence-corrected chi connectivity index (χ4v) is 2.21. The maximum absolute atomic E-state index is 11.5. The van der Waals surface area contributed by atoms with E-state index in [1.54, 1.807) is 4.90 Å². The SMILES string of the molecule is CC(=O)CC(=O)N1CCCSCC1. The van der Waals surface area contributed by atoms with Gasteiger partial charge in [0.05, 0.1) is 6.42 Å². The summed E-state index contributed by atoms with van der Waals surface area (Å²) >= 11 is 1.88. The van der Waals surface area contributed by atoms with E-state index >= 15 is 0 Å². The molecular weight excluding hydrogens is 186 g/mol. The molecule has 1 aliphatic heterocycles. The van der Waals surface area contributed by atoms with Crippen molar-refractivity contribution in [2.24, 2.45) is 0 Å². The molecule has 74 valence electrons. The van der Waals surface area contributed by atoms with Gasteiger partial charge in [0.1, 0.15) is 5.78 Å². The van der Waals surface area contributed by atoms with Crippen LogP contribution in [0.3, 0.4) is 0 Å². The zero-order valence-corrected chi connectivity index (χ0v) is 8.73. The molecule has 1 rings (SSSR count). The topological polar surface area (TPSA) is 37.4 Å². The Morgan fingerprint density at radius 1 is 1.31 bits per heavy atom. The van der Waals surface area contributed by atoms with Crippen LogP contribution in [0.15, 0.2) is 0 Å². The fraction of sp³-hybridized carbons (Fsp3) is 0.778. The third-order valence-corrected chi connectivity index (χ3v) is 3.02. The van der Waals surface area contributed by atoms with E-state index < -0.39 is 0 Å². The summed E-state index contributed by atoms with van der Waals surface area (Å²) in [5, 5.41) is 0. The van der Waals surface area contributed by atoms with Crippen molar-refractivity contribution < 1.29 is 9.59 Å².